The Labute approximate surface area is 174 Å². The summed E-state index contributed by atoms with van der Waals surface area (Å²) in [5.74, 6) is -1.91. The van der Waals surface area contributed by atoms with Crippen molar-refractivity contribution in [1.82, 2.24) is 0 Å². The van der Waals surface area contributed by atoms with E-state index in [2.05, 4.69) is 0 Å². The van der Waals surface area contributed by atoms with Crippen LogP contribution in [0.15, 0.2) is 47.4 Å². The molecule has 0 saturated carbocycles. The van der Waals surface area contributed by atoms with Crippen LogP contribution in [0.5, 0.6) is 0 Å². The number of benzene rings is 2. The Morgan fingerprint density at radius 2 is 1.73 bits per heavy atom. The summed E-state index contributed by atoms with van der Waals surface area (Å²) in [6, 6.07) is 8.08. The van der Waals surface area contributed by atoms with Crippen molar-refractivity contribution in [2.45, 2.75) is 36.1 Å². The van der Waals surface area contributed by atoms with Gasteiger partial charge in [-0.25, -0.2) is 26.0 Å². The number of rotatable bonds is 3. The van der Waals surface area contributed by atoms with Crippen LogP contribution in [-0.4, -0.2) is 45.5 Å². The number of sulfone groups is 1. The fraction of sp³-hybridized carbons (Fsp3) is 0.350. The largest absolute Gasteiger partial charge is 0.478 e. The van der Waals surface area contributed by atoms with Gasteiger partial charge in [0.1, 0.15) is 15.7 Å². The molecule has 1 N–H and O–H groups in total. The van der Waals surface area contributed by atoms with Crippen molar-refractivity contribution in [1.29, 1.82) is 0 Å². The SMILES string of the molecule is CC1N(S(=O)(=O)c2ccc(F)cc2)c2ccc(C(=O)O)cc2C12CCS(=O)(=O)CC2. The maximum atomic E-state index is 13.5. The Hall–Kier alpha value is -2.46. The third kappa shape index (κ3) is 3.09. The van der Waals surface area contributed by atoms with Crippen LogP contribution in [0.25, 0.3) is 0 Å². The van der Waals surface area contributed by atoms with Gasteiger partial charge in [-0.15, -0.1) is 0 Å². The average Bonchev–Trinajstić information content (AvgIpc) is 2.92. The Kier molecular flexibility index (Phi) is 4.70. The van der Waals surface area contributed by atoms with Crippen molar-refractivity contribution in [3.05, 3.63) is 59.4 Å². The van der Waals surface area contributed by atoms with Crippen LogP contribution in [0.3, 0.4) is 0 Å². The molecule has 0 aromatic heterocycles. The minimum atomic E-state index is -4.09. The van der Waals surface area contributed by atoms with E-state index in [0.29, 0.717) is 11.3 Å². The summed E-state index contributed by atoms with van der Waals surface area (Å²) in [5, 5.41) is 9.42. The zero-order valence-corrected chi connectivity index (χ0v) is 17.7. The zero-order chi connectivity index (χ0) is 21.9. The fourth-order valence-corrected chi connectivity index (χ4v) is 7.86. The second kappa shape index (κ2) is 6.78. The molecular weight excluding hydrogens is 433 g/mol. The summed E-state index contributed by atoms with van der Waals surface area (Å²) in [6.07, 6.45) is 0.393. The molecule has 4 rings (SSSR count). The van der Waals surface area contributed by atoms with Gasteiger partial charge in [0.05, 0.1) is 33.7 Å². The first-order valence-electron chi connectivity index (χ1n) is 9.36. The van der Waals surface area contributed by atoms with E-state index >= 15 is 0 Å². The quantitative estimate of drug-likeness (QED) is 0.765. The topological polar surface area (TPSA) is 109 Å². The van der Waals surface area contributed by atoms with Gasteiger partial charge in [0.25, 0.3) is 10.0 Å². The van der Waals surface area contributed by atoms with Gasteiger partial charge in [-0.1, -0.05) is 0 Å². The van der Waals surface area contributed by atoms with Crippen LogP contribution in [0.1, 0.15) is 35.7 Å². The number of hydrogen-bond donors (Lipinski definition) is 1. The lowest BCUT2D eigenvalue weighted by molar-refractivity contribution is 0.0696. The molecule has 2 aliphatic heterocycles. The van der Waals surface area contributed by atoms with E-state index in [9.17, 15) is 31.1 Å². The number of hydrogen-bond acceptors (Lipinski definition) is 5. The number of carboxylic acid groups (broad SMARTS) is 1. The van der Waals surface area contributed by atoms with Gasteiger partial charge in [-0.2, -0.15) is 0 Å². The molecule has 1 atom stereocenters. The third-order valence-electron chi connectivity index (χ3n) is 6.26. The third-order valence-corrected chi connectivity index (χ3v) is 9.81. The zero-order valence-electron chi connectivity index (χ0n) is 16.1. The molecule has 7 nitrogen and oxygen atoms in total. The second-order valence-electron chi connectivity index (χ2n) is 7.78. The van der Waals surface area contributed by atoms with Crippen molar-refractivity contribution in [3.63, 3.8) is 0 Å². The molecule has 1 fully saturated rings. The van der Waals surface area contributed by atoms with Crippen LogP contribution < -0.4 is 4.31 Å². The Bertz CT molecular complexity index is 1220. The summed E-state index contributed by atoms with van der Waals surface area (Å²) in [4.78, 5) is 11.4. The van der Waals surface area contributed by atoms with E-state index in [-0.39, 0.29) is 34.8 Å². The van der Waals surface area contributed by atoms with Crippen LogP contribution in [0.4, 0.5) is 10.1 Å². The molecule has 2 heterocycles. The summed E-state index contributed by atoms with van der Waals surface area (Å²) < 4.78 is 65.6. The summed E-state index contributed by atoms with van der Waals surface area (Å²) in [5.41, 5.74) is 0.0422. The van der Waals surface area contributed by atoms with E-state index < -0.39 is 43.1 Å². The number of sulfonamides is 1. The number of halogens is 1. The summed E-state index contributed by atoms with van der Waals surface area (Å²) in [6.45, 7) is 1.71. The van der Waals surface area contributed by atoms with Crippen molar-refractivity contribution >= 4 is 31.5 Å². The molecule has 160 valence electrons. The van der Waals surface area contributed by atoms with Crippen molar-refractivity contribution in [2.75, 3.05) is 15.8 Å². The van der Waals surface area contributed by atoms with Gasteiger partial charge in [-0.3, -0.25) is 4.31 Å². The highest BCUT2D eigenvalue weighted by Gasteiger charge is 2.54. The number of nitrogens with zero attached hydrogens (tertiary/aromatic N) is 1. The molecule has 1 saturated heterocycles. The van der Waals surface area contributed by atoms with Gasteiger partial charge in [-0.05, 0) is 67.8 Å². The number of carbonyl (C=O) groups is 1. The highest BCUT2D eigenvalue weighted by molar-refractivity contribution is 7.93. The second-order valence-corrected chi connectivity index (χ2v) is 11.9. The average molecular weight is 454 g/mol. The van der Waals surface area contributed by atoms with Gasteiger partial charge >= 0.3 is 5.97 Å². The van der Waals surface area contributed by atoms with Gasteiger partial charge < -0.3 is 5.11 Å². The number of aromatic carboxylic acids is 1. The minimum Gasteiger partial charge on any atom is -0.478 e. The highest BCUT2D eigenvalue weighted by atomic mass is 32.2. The van der Waals surface area contributed by atoms with Crippen LogP contribution in [-0.2, 0) is 25.3 Å². The Morgan fingerprint density at radius 3 is 2.30 bits per heavy atom. The highest BCUT2D eigenvalue weighted by Crippen LogP contribution is 2.53. The van der Waals surface area contributed by atoms with Gasteiger partial charge in [0.2, 0.25) is 0 Å². The molecule has 1 spiro atoms. The first-order chi connectivity index (χ1) is 14.0. The summed E-state index contributed by atoms with van der Waals surface area (Å²) in [7, 11) is -7.32. The fourth-order valence-electron chi connectivity index (χ4n) is 4.57. The first kappa shape index (κ1) is 20.8. The molecular formula is C20H20FNO6S2. The predicted molar refractivity (Wildman–Crippen MR) is 108 cm³/mol. The van der Waals surface area contributed by atoms with Gasteiger partial charge in [0, 0.05) is 5.41 Å². The number of carboxylic acids is 1. The number of anilines is 1. The van der Waals surface area contributed by atoms with E-state index in [4.69, 9.17) is 0 Å². The van der Waals surface area contributed by atoms with Crippen LogP contribution in [0, 0.1) is 5.82 Å². The minimum absolute atomic E-state index is 0.00906. The van der Waals surface area contributed by atoms with E-state index in [1.165, 1.54) is 34.6 Å². The lowest BCUT2D eigenvalue weighted by Gasteiger charge is -2.39. The van der Waals surface area contributed by atoms with Crippen molar-refractivity contribution in [3.8, 4) is 0 Å². The monoisotopic (exact) mass is 453 g/mol. The molecule has 10 heteroatoms. The van der Waals surface area contributed by atoms with Crippen LogP contribution >= 0.6 is 0 Å². The Balaban J connectivity index is 1.90. The molecule has 0 aliphatic carbocycles. The molecule has 0 bridgehead atoms. The van der Waals surface area contributed by atoms with Crippen LogP contribution in [0.2, 0.25) is 0 Å². The lowest BCUT2D eigenvalue weighted by Crippen LogP contribution is -2.49. The molecule has 0 amide bonds. The molecule has 2 aliphatic rings. The number of fused-ring (bicyclic) bond motifs is 2. The molecule has 1 unspecified atom stereocenters. The smallest absolute Gasteiger partial charge is 0.335 e. The van der Waals surface area contributed by atoms with E-state index in [1.807, 2.05) is 0 Å². The maximum absolute atomic E-state index is 13.5. The van der Waals surface area contributed by atoms with Crippen molar-refractivity contribution < 1.29 is 31.1 Å². The summed E-state index contributed by atoms with van der Waals surface area (Å²) >= 11 is 0. The van der Waals surface area contributed by atoms with E-state index in [1.54, 1.807) is 6.92 Å². The molecule has 2 aromatic rings. The molecule has 2 aromatic carbocycles. The van der Waals surface area contributed by atoms with E-state index in [0.717, 1.165) is 12.1 Å². The maximum Gasteiger partial charge on any atom is 0.335 e. The Morgan fingerprint density at radius 1 is 1.13 bits per heavy atom. The van der Waals surface area contributed by atoms with Gasteiger partial charge in [0.15, 0.2) is 0 Å². The molecule has 30 heavy (non-hydrogen) atoms. The lowest BCUT2D eigenvalue weighted by atomic mass is 9.72. The first-order valence-corrected chi connectivity index (χ1v) is 12.6. The standard InChI is InChI=1S/C20H20FNO6S2/c1-13-20(8-10-29(25,26)11-9-20)17-12-14(19(23)24)2-7-18(17)22(13)30(27,28)16-5-3-15(21)4-6-16/h2-7,12-13H,8-11H2,1H3,(H,23,24). The molecule has 0 radical (unpaired) electrons. The van der Waals surface area contributed by atoms with Crippen molar-refractivity contribution in [2.24, 2.45) is 0 Å². The predicted octanol–water partition coefficient (Wildman–Crippen LogP) is 2.57. The normalized spacial score (nSPS) is 22.1.